The lowest BCUT2D eigenvalue weighted by atomic mass is 10.1. The minimum atomic E-state index is -3.20. The summed E-state index contributed by atoms with van der Waals surface area (Å²) in [5.41, 5.74) is 0. The Morgan fingerprint density at radius 2 is 2.27 bits per heavy atom. The quantitative estimate of drug-likeness (QED) is 0.659. The first kappa shape index (κ1) is 12.4. The van der Waals surface area contributed by atoms with Gasteiger partial charge < -0.3 is 10.6 Å². The van der Waals surface area contributed by atoms with Crippen molar-refractivity contribution in [1.29, 1.82) is 0 Å². The lowest BCUT2D eigenvalue weighted by Crippen LogP contribution is -2.33. The molecule has 5 nitrogen and oxygen atoms in total. The molecule has 2 N–H and O–H groups in total. The van der Waals surface area contributed by atoms with Crippen molar-refractivity contribution in [3.63, 3.8) is 0 Å². The second-order valence-corrected chi connectivity index (χ2v) is 6.14. The molecule has 1 amide bonds. The zero-order valence-electron chi connectivity index (χ0n) is 8.95. The van der Waals surface area contributed by atoms with Crippen molar-refractivity contribution in [2.45, 2.75) is 25.3 Å². The lowest BCUT2D eigenvalue weighted by Gasteiger charge is -2.10. The van der Waals surface area contributed by atoms with Gasteiger partial charge in [-0.15, -0.1) is 0 Å². The number of hydrogen-bond donors (Lipinski definition) is 2. The van der Waals surface area contributed by atoms with E-state index in [0.717, 1.165) is 25.6 Å². The number of hydrogen-bond acceptors (Lipinski definition) is 4. The lowest BCUT2D eigenvalue weighted by molar-refractivity contribution is -0.118. The van der Waals surface area contributed by atoms with Gasteiger partial charge in [0.1, 0.15) is 5.75 Å². The normalized spacial score (nSPS) is 21.5. The Bertz CT molecular complexity index is 307. The summed E-state index contributed by atoms with van der Waals surface area (Å²) < 4.78 is 21.6. The van der Waals surface area contributed by atoms with Gasteiger partial charge in [0.2, 0.25) is 5.91 Å². The molecular formula is C9H18N2O3S. The molecule has 0 aromatic heterocycles. The third-order valence-electron chi connectivity index (χ3n) is 2.37. The topological polar surface area (TPSA) is 75.3 Å². The summed E-state index contributed by atoms with van der Waals surface area (Å²) >= 11 is 0. The molecule has 0 unspecified atom stereocenters. The number of carbonyl (C=O) groups is 1. The van der Waals surface area contributed by atoms with Crippen LogP contribution in [0.5, 0.6) is 0 Å². The molecule has 1 rings (SSSR count). The van der Waals surface area contributed by atoms with Crippen molar-refractivity contribution < 1.29 is 13.2 Å². The van der Waals surface area contributed by atoms with Crippen LogP contribution in [0.4, 0.5) is 0 Å². The summed E-state index contributed by atoms with van der Waals surface area (Å²) in [6.07, 6.45) is 4.25. The average Bonchev–Trinajstić information content (AvgIpc) is 2.53. The summed E-state index contributed by atoms with van der Waals surface area (Å²) in [6.45, 7) is 1.59. The maximum Gasteiger partial charge on any atom is 0.235 e. The van der Waals surface area contributed by atoms with Crippen LogP contribution in [0.3, 0.4) is 0 Å². The van der Waals surface area contributed by atoms with E-state index in [4.69, 9.17) is 0 Å². The number of carbonyl (C=O) groups excluding carboxylic acids is 1. The van der Waals surface area contributed by atoms with E-state index in [2.05, 4.69) is 10.6 Å². The smallest absolute Gasteiger partial charge is 0.235 e. The van der Waals surface area contributed by atoms with Gasteiger partial charge in [-0.1, -0.05) is 0 Å². The van der Waals surface area contributed by atoms with Crippen LogP contribution in [-0.2, 0) is 14.6 Å². The first-order valence-electron chi connectivity index (χ1n) is 5.15. The molecule has 1 atom stereocenters. The first-order valence-corrected chi connectivity index (χ1v) is 7.21. The number of sulfone groups is 1. The Hall–Kier alpha value is -0.620. The number of amides is 1. The van der Waals surface area contributed by atoms with Crippen LogP contribution in [0.1, 0.15) is 19.3 Å². The van der Waals surface area contributed by atoms with Crippen molar-refractivity contribution in [2.75, 3.05) is 25.1 Å². The average molecular weight is 234 g/mol. The molecule has 0 aromatic rings. The van der Waals surface area contributed by atoms with E-state index in [9.17, 15) is 13.2 Å². The van der Waals surface area contributed by atoms with Gasteiger partial charge in [-0.05, 0) is 25.8 Å². The molecule has 15 heavy (non-hydrogen) atoms. The Balaban J connectivity index is 2.11. The van der Waals surface area contributed by atoms with Crippen molar-refractivity contribution >= 4 is 15.7 Å². The second kappa shape index (κ2) is 5.46. The van der Waals surface area contributed by atoms with Crippen LogP contribution >= 0.6 is 0 Å². The molecule has 1 fully saturated rings. The molecule has 88 valence electrons. The molecular weight excluding hydrogens is 216 g/mol. The zero-order valence-corrected chi connectivity index (χ0v) is 9.77. The summed E-state index contributed by atoms with van der Waals surface area (Å²) in [5.74, 6) is -0.819. The third-order valence-corrected chi connectivity index (χ3v) is 3.16. The highest BCUT2D eigenvalue weighted by Crippen LogP contribution is 2.07. The predicted molar refractivity (Wildman–Crippen MR) is 58.4 cm³/mol. The molecule has 0 aromatic carbocycles. The van der Waals surface area contributed by atoms with Gasteiger partial charge >= 0.3 is 0 Å². The van der Waals surface area contributed by atoms with Crippen LogP contribution < -0.4 is 10.6 Å². The predicted octanol–water partition coefficient (Wildman–Crippen LogP) is -0.711. The summed E-state index contributed by atoms with van der Waals surface area (Å²) in [5, 5.41) is 5.92. The van der Waals surface area contributed by atoms with Crippen LogP contribution in [-0.4, -0.2) is 45.5 Å². The van der Waals surface area contributed by atoms with E-state index in [0.29, 0.717) is 12.6 Å². The molecule has 1 saturated heterocycles. The van der Waals surface area contributed by atoms with Gasteiger partial charge in [-0.3, -0.25) is 4.79 Å². The highest BCUT2D eigenvalue weighted by Gasteiger charge is 2.14. The van der Waals surface area contributed by atoms with E-state index >= 15 is 0 Å². The third kappa shape index (κ3) is 5.74. The van der Waals surface area contributed by atoms with E-state index in [-0.39, 0.29) is 0 Å². The van der Waals surface area contributed by atoms with E-state index in [1.165, 1.54) is 6.42 Å². The zero-order chi connectivity index (χ0) is 11.3. The standard InChI is InChI=1S/C9H18N2O3S/c1-15(13,14)7-9(12)11-6-4-8-3-2-5-10-8/h8,10H,2-7H2,1H3,(H,11,12)/t8-/m1/s1. The molecule has 1 aliphatic rings. The van der Waals surface area contributed by atoms with E-state index < -0.39 is 21.5 Å². The van der Waals surface area contributed by atoms with Gasteiger partial charge in [0, 0.05) is 18.8 Å². The maximum absolute atomic E-state index is 11.1. The van der Waals surface area contributed by atoms with Gasteiger partial charge in [0.15, 0.2) is 9.84 Å². The molecule has 0 spiro atoms. The van der Waals surface area contributed by atoms with Gasteiger partial charge in [-0.2, -0.15) is 0 Å². The van der Waals surface area contributed by atoms with Crippen molar-refractivity contribution in [3.05, 3.63) is 0 Å². The maximum atomic E-state index is 11.1. The fraction of sp³-hybridized carbons (Fsp3) is 0.889. The number of nitrogens with one attached hydrogen (secondary N) is 2. The number of rotatable bonds is 5. The summed E-state index contributed by atoms with van der Waals surface area (Å²) in [4.78, 5) is 11.1. The Morgan fingerprint density at radius 3 is 2.80 bits per heavy atom. The molecule has 0 saturated carbocycles. The fourth-order valence-corrected chi connectivity index (χ4v) is 2.26. The Labute approximate surface area is 90.5 Å². The molecule has 0 aliphatic carbocycles. The highest BCUT2D eigenvalue weighted by atomic mass is 32.2. The molecule has 0 radical (unpaired) electrons. The summed E-state index contributed by atoms with van der Waals surface area (Å²) in [7, 11) is -3.20. The van der Waals surface area contributed by atoms with Crippen LogP contribution in [0.25, 0.3) is 0 Å². The van der Waals surface area contributed by atoms with Gasteiger partial charge in [-0.25, -0.2) is 8.42 Å². The van der Waals surface area contributed by atoms with Crippen molar-refractivity contribution in [2.24, 2.45) is 0 Å². The van der Waals surface area contributed by atoms with Crippen LogP contribution in [0.15, 0.2) is 0 Å². The van der Waals surface area contributed by atoms with Gasteiger partial charge in [0.05, 0.1) is 0 Å². The minimum Gasteiger partial charge on any atom is -0.355 e. The monoisotopic (exact) mass is 234 g/mol. The van der Waals surface area contributed by atoms with Crippen molar-refractivity contribution in [1.82, 2.24) is 10.6 Å². The molecule has 6 heteroatoms. The molecule has 1 aliphatic heterocycles. The SMILES string of the molecule is CS(=O)(=O)CC(=O)NCC[C@H]1CCCN1. The molecule has 1 heterocycles. The highest BCUT2D eigenvalue weighted by molar-refractivity contribution is 7.91. The summed E-state index contributed by atoms with van der Waals surface area (Å²) in [6, 6.07) is 0.475. The van der Waals surface area contributed by atoms with E-state index in [1.807, 2.05) is 0 Å². The molecule has 0 bridgehead atoms. The first-order chi connectivity index (χ1) is 6.97. The fourth-order valence-electron chi connectivity index (χ4n) is 1.68. The van der Waals surface area contributed by atoms with Crippen molar-refractivity contribution in [3.8, 4) is 0 Å². The van der Waals surface area contributed by atoms with E-state index in [1.54, 1.807) is 0 Å². The minimum absolute atomic E-state index is 0.407. The van der Waals surface area contributed by atoms with Crippen LogP contribution in [0.2, 0.25) is 0 Å². The largest absolute Gasteiger partial charge is 0.355 e. The van der Waals surface area contributed by atoms with Gasteiger partial charge in [0.25, 0.3) is 0 Å². The second-order valence-electron chi connectivity index (χ2n) is 4.00. The van der Waals surface area contributed by atoms with Crippen LogP contribution in [0, 0.1) is 0 Å². The Kier molecular flexibility index (Phi) is 4.53. The Morgan fingerprint density at radius 1 is 1.53 bits per heavy atom.